The van der Waals surface area contributed by atoms with E-state index in [9.17, 15) is 4.39 Å². The van der Waals surface area contributed by atoms with Crippen molar-refractivity contribution in [3.8, 4) is 16.9 Å². The number of nitrogens with zero attached hydrogens (tertiary/aromatic N) is 2. The molecule has 0 radical (unpaired) electrons. The minimum Gasteiger partial charge on any atom is -0.370 e. The van der Waals surface area contributed by atoms with Crippen molar-refractivity contribution >= 4 is 5.82 Å². The standard InChI is InChI=1S/C21H22FN3/c1-14-10-11-15(2)19(13-14)25-21-17(8-5-6-12-23-21)20(24-25)16-7-3-4-9-18(16)22/h3-4,7,9-11,13,23H,5-6,8,12H2,1-2H3. The molecule has 4 heteroatoms. The molecule has 2 heterocycles. The summed E-state index contributed by atoms with van der Waals surface area (Å²) in [4.78, 5) is 0. The molecule has 2 aromatic carbocycles. The molecule has 1 aliphatic heterocycles. The highest BCUT2D eigenvalue weighted by atomic mass is 19.1. The van der Waals surface area contributed by atoms with E-state index in [1.165, 1.54) is 11.6 Å². The summed E-state index contributed by atoms with van der Waals surface area (Å²) >= 11 is 0. The average molecular weight is 335 g/mol. The van der Waals surface area contributed by atoms with Crippen molar-refractivity contribution < 1.29 is 4.39 Å². The molecule has 3 aromatic rings. The molecule has 1 N–H and O–H groups in total. The maximum atomic E-state index is 14.4. The molecule has 0 fully saturated rings. The van der Waals surface area contributed by atoms with Crippen LogP contribution in [0, 0.1) is 19.7 Å². The number of benzene rings is 2. The lowest BCUT2D eigenvalue weighted by Crippen LogP contribution is -2.08. The van der Waals surface area contributed by atoms with Gasteiger partial charge in [-0.05, 0) is 62.4 Å². The first-order valence-electron chi connectivity index (χ1n) is 8.83. The maximum Gasteiger partial charge on any atom is 0.133 e. The number of rotatable bonds is 2. The summed E-state index contributed by atoms with van der Waals surface area (Å²) in [5.74, 6) is 0.782. The number of anilines is 1. The minimum atomic E-state index is -0.222. The van der Waals surface area contributed by atoms with Crippen LogP contribution in [0.3, 0.4) is 0 Å². The second kappa shape index (κ2) is 6.36. The first kappa shape index (κ1) is 15.9. The molecule has 25 heavy (non-hydrogen) atoms. The quantitative estimate of drug-likeness (QED) is 0.711. The topological polar surface area (TPSA) is 29.9 Å². The van der Waals surface area contributed by atoms with Crippen LogP contribution in [0.2, 0.25) is 0 Å². The van der Waals surface area contributed by atoms with Crippen LogP contribution in [0.25, 0.3) is 16.9 Å². The largest absolute Gasteiger partial charge is 0.370 e. The van der Waals surface area contributed by atoms with Crippen molar-refractivity contribution in [2.75, 3.05) is 11.9 Å². The molecule has 0 saturated carbocycles. The van der Waals surface area contributed by atoms with Gasteiger partial charge >= 0.3 is 0 Å². The highest BCUT2D eigenvalue weighted by molar-refractivity contribution is 5.72. The summed E-state index contributed by atoms with van der Waals surface area (Å²) in [5.41, 5.74) is 5.83. The van der Waals surface area contributed by atoms with E-state index in [0.717, 1.165) is 54.1 Å². The zero-order valence-corrected chi connectivity index (χ0v) is 14.6. The van der Waals surface area contributed by atoms with Gasteiger partial charge in [0.2, 0.25) is 0 Å². The highest BCUT2D eigenvalue weighted by Gasteiger charge is 2.23. The number of fused-ring (bicyclic) bond motifs is 1. The third-order valence-corrected chi connectivity index (χ3v) is 4.85. The lowest BCUT2D eigenvalue weighted by Gasteiger charge is -2.12. The van der Waals surface area contributed by atoms with Crippen LogP contribution in [0.15, 0.2) is 42.5 Å². The third-order valence-electron chi connectivity index (χ3n) is 4.85. The van der Waals surface area contributed by atoms with E-state index in [0.29, 0.717) is 5.56 Å². The second-order valence-electron chi connectivity index (χ2n) is 6.74. The third kappa shape index (κ3) is 2.82. The predicted molar refractivity (Wildman–Crippen MR) is 99.9 cm³/mol. The van der Waals surface area contributed by atoms with Crippen molar-refractivity contribution in [2.24, 2.45) is 0 Å². The molecule has 0 atom stereocenters. The van der Waals surface area contributed by atoms with Crippen molar-refractivity contribution in [1.82, 2.24) is 9.78 Å². The summed E-state index contributed by atoms with van der Waals surface area (Å²) in [6, 6.07) is 13.3. The van der Waals surface area contributed by atoms with E-state index in [1.54, 1.807) is 6.07 Å². The van der Waals surface area contributed by atoms with Gasteiger partial charge in [0.15, 0.2) is 0 Å². The minimum absolute atomic E-state index is 0.222. The molecular weight excluding hydrogens is 313 g/mol. The van der Waals surface area contributed by atoms with Crippen molar-refractivity contribution in [2.45, 2.75) is 33.1 Å². The summed E-state index contributed by atoms with van der Waals surface area (Å²) in [5, 5.41) is 8.38. The Kier molecular flexibility index (Phi) is 4.04. The molecule has 1 aliphatic rings. The van der Waals surface area contributed by atoms with Gasteiger partial charge in [0, 0.05) is 17.7 Å². The Morgan fingerprint density at radius 1 is 1.08 bits per heavy atom. The fraction of sp³-hybridized carbons (Fsp3) is 0.286. The Balaban J connectivity index is 1.97. The number of aromatic nitrogens is 2. The molecule has 0 unspecified atom stereocenters. The van der Waals surface area contributed by atoms with Crippen LogP contribution in [0.1, 0.15) is 29.5 Å². The van der Waals surface area contributed by atoms with Gasteiger partial charge < -0.3 is 5.32 Å². The molecule has 0 saturated heterocycles. The van der Waals surface area contributed by atoms with Crippen LogP contribution >= 0.6 is 0 Å². The van der Waals surface area contributed by atoms with Crippen LogP contribution in [-0.4, -0.2) is 16.3 Å². The fourth-order valence-corrected chi connectivity index (χ4v) is 3.49. The van der Waals surface area contributed by atoms with Gasteiger partial charge in [-0.2, -0.15) is 5.10 Å². The molecule has 0 amide bonds. The van der Waals surface area contributed by atoms with Gasteiger partial charge in [-0.3, -0.25) is 0 Å². The molecule has 0 bridgehead atoms. The normalized spacial score (nSPS) is 13.9. The Labute approximate surface area is 147 Å². The molecule has 3 nitrogen and oxygen atoms in total. The Morgan fingerprint density at radius 3 is 2.76 bits per heavy atom. The van der Waals surface area contributed by atoms with Gasteiger partial charge in [-0.1, -0.05) is 24.3 Å². The summed E-state index contributed by atoms with van der Waals surface area (Å²) < 4.78 is 16.4. The van der Waals surface area contributed by atoms with E-state index in [1.807, 2.05) is 16.8 Å². The monoisotopic (exact) mass is 335 g/mol. The number of hydrogen-bond acceptors (Lipinski definition) is 2. The molecule has 4 rings (SSSR count). The van der Waals surface area contributed by atoms with Gasteiger partial charge in [-0.15, -0.1) is 0 Å². The molecule has 0 spiro atoms. The first-order chi connectivity index (χ1) is 12.1. The van der Waals surface area contributed by atoms with Gasteiger partial charge in [0.1, 0.15) is 17.3 Å². The smallest absolute Gasteiger partial charge is 0.133 e. The first-order valence-corrected chi connectivity index (χ1v) is 8.83. The van der Waals surface area contributed by atoms with Crippen LogP contribution in [0.5, 0.6) is 0 Å². The van der Waals surface area contributed by atoms with Gasteiger partial charge in [0.05, 0.1) is 5.69 Å². The Bertz CT molecular complexity index is 927. The number of hydrogen-bond donors (Lipinski definition) is 1. The van der Waals surface area contributed by atoms with E-state index >= 15 is 0 Å². The summed E-state index contributed by atoms with van der Waals surface area (Å²) in [7, 11) is 0. The maximum absolute atomic E-state index is 14.4. The lowest BCUT2D eigenvalue weighted by atomic mass is 10.0. The Hall–Kier alpha value is -2.62. The zero-order chi connectivity index (χ0) is 17.4. The number of aryl methyl sites for hydroxylation is 2. The predicted octanol–water partition coefficient (Wildman–Crippen LogP) is 5.04. The Morgan fingerprint density at radius 2 is 1.92 bits per heavy atom. The van der Waals surface area contributed by atoms with Gasteiger partial charge in [0.25, 0.3) is 0 Å². The molecule has 128 valence electrons. The summed E-state index contributed by atoms with van der Waals surface area (Å²) in [6.45, 7) is 5.08. The SMILES string of the molecule is Cc1ccc(C)c(-n2nc(-c3ccccc3F)c3c2NCCCC3)c1. The number of nitrogens with one attached hydrogen (secondary N) is 1. The van der Waals surface area contributed by atoms with Crippen molar-refractivity contribution in [3.05, 3.63) is 65.0 Å². The number of halogens is 1. The lowest BCUT2D eigenvalue weighted by molar-refractivity contribution is 0.630. The van der Waals surface area contributed by atoms with Crippen LogP contribution in [0.4, 0.5) is 10.2 Å². The van der Waals surface area contributed by atoms with Crippen molar-refractivity contribution in [3.63, 3.8) is 0 Å². The molecular formula is C21H22FN3. The van der Waals surface area contributed by atoms with Crippen LogP contribution in [-0.2, 0) is 6.42 Å². The van der Waals surface area contributed by atoms with E-state index in [2.05, 4.69) is 37.4 Å². The fourth-order valence-electron chi connectivity index (χ4n) is 3.49. The average Bonchev–Trinajstić information content (AvgIpc) is 2.79. The van der Waals surface area contributed by atoms with E-state index in [-0.39, 0.29) is 5.82 Å². The van der Waals surface area contributed by atoms with E-state index in [4.69, 9.17) is 5.10 Å². The second-order valence-corrected chi connectivity index (χ2v) is 6.74. The molecule has 0 aliphatic carbocycles. The highest BCUT2D eigenvalue weighted by Crippen LogP contribution is 2.35. The van der Waals surface area contributed by atoms with Crippen molar-refractivity contribution in [1.29, 1.82) is 0 Å². The summed E-state index contributed by atoms with van der Waals surface area (Å²) in [6.07, 6.45) is 3.11. The van der Waals surface area contributed by atoms with Gasteiger partial charge in [-0.25, -0.2) is 9.07 Å². The zero-order valence-electron chi connectivity index (χ0n) is 14.6. The molecule has 1 aromatic heterocycles. The van der Waals surface area contributed by atoms with E-state index < -0.39 is 0 Å². The van der Waals surface area contributed by atoms with Crippen LogP contribution < -0.4 is 5.32 Å².